The molecule has 156 valence electrons. The number of carbonyl (C=O) groups excluding carboxylic acids is 2. The van der Waals surface area contributed by atoms with Crippen LogP contribution in [-0.2, 0) is 4.79 Å². The van der Waals surface area contributed by atoms with Crippen LogP contribution < -0.4 is 15.8 Å². The molecule has 1 amide bonds. The number of unbranched alkanes of at least 4 members (excludes halogenated alkanes) is 2. The molecule has 0 fully saturated rings. The van der Waals surface area contributed by atoms with E-state index in [0.717, 1.165) is 31.0 Å². The molecule has 2 aromatic rings. The van der Waals surface area contributed by atoms with Gasteiger partial charge in [-0.25, -0.2) is 13.2 Å². The average molecular weight is 408 g/mol. The number of halogens is 3. The van der Waals surface area contributed by atoms with Gasteiger partial charge >= 0.3 is 0 Å². The topological polar surface area (TPSA) is 81.4 Å². The lowest BCUT2D eigenvalue weighted by Crippen LogP contribution is -2.43. The van der Waals surface area contributed by atoms with Gasteiger partial charge in [0.1, 0.15) is 12.4 Å². The zero-order valence-corrected chi connectivity index (χ0v) is 15.8. The van der Waals surface area contributed by atoms with Crippen LogP contribution in [0.4, 0.5) is 13.2 Å². The Kier molecular flexibility index (Phi) is 8.67. The van der Waals surface area contributed by atoms with E-state index in [4.69, 9.17) is 10.5 Å². The van der Waals surface area contributed by atoms with Gasteiger partial charge in [-0.05, 0) is 49.7 Å². The van der Waals surface area contributed by atoms with Crippen LogP contribution in [0, 0.1) is 17.5 Å². The smallest absolute Gasteiger partial charge is 0.251 e. The van der Waals surface area contributed by atoms with Crippen molar-refractivity contribution in [3.05, 3.63) is 65.5 Å². The summed E-state index contributed by atoms with van der Waals surface area (Å²) in [6.45, 7) is -0.118. The van der Waals surface area contributed by atoms with Crippen molar-refractivity contribution in [2.24, 2.45) is 5.73 Å². The second kappa shape index (κ2) is 11.2. The third kappa shape index (κ3) is 6.90. The standard InChI is InChI=1S/C21H23F3N2O3/c22-15-7-4-6-14(12-15)21(28)26-18(10-2-1-3-11-25)19(27)13-29-20-16(23)8-5-9-17(20)24/h4-9,12,18H,1-3,10-11,13,25H2,(H,26,28)/t18-/m0/s1. The predicted molar refractivity (Wildman–Crippen MR) is 102 cm³/mol. The van der Waals surface area contributed by atoms with Crippen molar-refractivity contribution >= 4 is 11.7 Å². The Hall–Kier alpha value is -2.87. The van der Waals surface area contributed by atoms with E-state index >= 15 is 0 Å². The van der Waals surface area contributed by atoms with E-state index in [1.54, 1.807) is 0 Å². The first kappa shape index (κ1) is 22.4. The number of Topliss-reactive ketones (excluding diaryl/α,β-unsaturated/α-hetero) is 1. The van der Waals surface area contributed by atoms with Crippen molar-refractivity contribution in [2.75, 3.05) is 13.2 Å². The highest BCUT2D eigenvalue weighted by Crippen LogP contribution is 2.21. The zero-order valence-electron chi connectivity index (χ0n) is 15.8. The van der Waals surface area contributed by atoms with Gasteiger partial charge in [-0.2, -0.15) is 0 Å². The lowest BCUT2D eigenvalue weighted by atomic mass is 10.0. The number of amides is 1. The van der Waals surface area contributed by atoms with Gasteiger partial charge in [0, 0.05) is 5.56 Å². The van der Waals surface area contributed by atoms with Crippen molar-refractivity contribution in [1.29, 1.82) is 0 Å². The molecule has 0 aromatic heterocycles. The third-order valence-electron chi connectivity index (χ3n) is 4.26. The van der Waals surface area contributed by atoms with E-state index in [0.29, 0.717) is 19.4 Å². The number of benzene rings is 2. The highest BCUT2D eigenvalue weighted by atomic mass is 19.1. The van der Waals surface area contributed by atoms with Crippen molar-refractivity contribution < 1.29 is 27.5 Å². The maximum atomic E-state index is 13.7. The van der Waals surface area contributed by atoms with Gasteiger partial charge in [0.15, 0.2) is 23.2 Å². The van der Waals surface area contributed by atoms with Crippen molar-refractivity contribution in [3.63, 3.8) is 0 Å². The number of para-hydroxylation sites is 1. The minimum absolute atomic E-state index is 0.0609. The lowest BCUT2D eigenvalue weighted by molar-refractivity contribution is -0.123. The summed E-state index contributed by atoms with van der Waals surface area (Å²) in [5, 5.41) is 2.55. The van der Waals surface area contributed by atoms with E-state index in [2.05, 4.69) is 5.32 Å². The first-order valence-electron chi connectivity index (χ1n) is 9.28. The zero-order chi connectivity index (χ0) is 21.2. The minimum atomic E-state index is -0.946. The molecule has 0 aliphatic heterocycles. The van der Waals surface area contributed by atoms with Gasteiger partial charge in [0.05, 0.1) is 6.04 Å². The van der Waals surface area contributed by atoms with Crippen molar-refractivity contribution in [1.82, 2.24) is 5.32 Å². The minimum Gasteiger partial charge on any atom is -0.480 e. The Morgan fingerprint density at radius 3 is 2.34 bits per heavy atom. The summed E-state index contributed by atoms with van der Waals surface area (Å²) in [6.07, 6.45) is 2.41. The molecule has 0 saturated carbocycles. The van der Waals surface area contributed by atoms with Crippen LogP contribution in [0.3, 0.4) is 0 Å². The monoisotopic (exact) mass is 408 g/mol. The SMILES string of the molecule is NCCCCC[C@H](NC(=O)c1cccc(F)c1)C(=O)COc1c(F)cccc1F. The Balaban J connectivity index is 2.05. The Bertz CT molecular complexity index is 825. The third-order valence-corrected chi connectivity index (χ3v) is 4.26. The fourth-order valence-electron chi connectivity index (χ4n) is 2.72. The molecule has 3 N–H and O–H groups in total. The fraction of sp³-hybridized carbons (Fsp3) is 0.333. The second-order valence-electron chi connectivity index (χ2n) is 6.48. The second-order valence-corrected chi connectivity index (χ2v) is 6.48. The van der Waals surface area contributed by atoms with Crippen LogP contribution in [0.1, 0.15) is 36.0 Å². The average Bonchev–Trinajstić information content (AvgIpc) is 2.69. The Labute approximate surface area is 167 Å². The number of rotatable bonds is 11. The summed E-state index contributed by atoms with van der Waals surface area (Å²) in [6, 6.07) is 7.31. The number of carbonyl (C=O) groups is 2. The first-order valence-corrected chi connectivity index (χ1v) is 9.28. The molecule has 0 aliphatic rings. The molecule has 29 heavy (non-hydrogen) atoms. The maximum Gasteiger partial charge on any atom is 0.251 e. The van der Waals surface area contributed by atoms with Gasteiger partial charge in [-0.1, -0.05) is 25.0 Å². The van der Waals surface area contributed by atoms with E-state index in [9.17, 15) is 22.8 Å². The first-order chi connectivity index (χ1) is 13.9. The molecule has 0 radical (unpaired) electrons. The number of hydrogen-bond acceptors (Lipinski definition) is 4. The van der Waals surface area contributed by atoms with E-state index in [1.165, 1.54) is 24.3 Å². The molecule has 2 aromatic carbocycles. The van der Waals surface area contributed by atoms with Crippen molar-refractivity contribution in [2.45, 2.75) is 31.7 Å². The maximum absolute atomic E-state index is 13.7. The number of hydrogen-bond donors (Lipinski definition) is 2. The number of ether oxygens (including phenoxy) is 1. The highest BCUT2D eigenvalue weighted by molar-refractivity contribution is 5.98. The molecule has 0 aliphatic carbocycles. The summed E-state index contributed by atoms with van der Waals surface area (Å²) in [5.74, 6) is -4.27. The van der Waals surface area contributed by atoms with Crippen LogP contribution in [0.2, 0.25) is 0 Å². The molecular formula is C21H23F3N2O3. The molecule has 0 bridgehead atoms. The van der Waals surface area contributed by atoms with Crippen LogP contribution in [0.15, 0.2) is 42.5 Å². The fourth-order valence-corrected chi connectivity index (χ4v) is 2.72. The molecule has 2 rings (SSSR count). The number of nitrogens with two attached hydrogens (primary N) is 1. The summed E-state index contributed by atoms with van der Waals surface area (Å²) in [7, 11) is 0. The summed E-state index contributed by atoms with van der Waals surface area (Å²) < 4.78 is 45.7. The molecular weight excluding hydrogens is 385 g/mol. The Morgan fingerprint density at radius 1 is 1.00 bits per heavy atom. The predicted octanol–water partition coefficient (Wildman–Crippen LogP) is 3.37. The normalized spacial score (nSPS) is 11.7. The van der Waals surface area contributed by atoms with Gasteiger partial charge in [0.25, 0.3) is 5.91 Å². The molecule has 0 unspecified atom stereocenters. The van der Waals surface area contributed by atoms with E-state index in [-0.39, 0.29) is 5.56 Å². The van der Waals surface area contributed by atoms with Gasteiger partial charge in [-0.15, -0.1) is 0 Å². The molecule has 8 heteroatoms. The van der Waals surface area contributed by atoms with E-state index in [1.807, 2.05) is 0 Å². The van der Waals surface area contributed by atoms with Crippen LogP contribution in [-0.4, -0.2) is 30.9 Å². The molecule has 1 atom stereocenters. The van der Waals surface area contributed by atoms with Crippen molar-refractivity contribution in [3.8, 4) is 5.75 Å². The molecule has 0 heterocycles. The van der Waals surface area contributed by atoms with Gasteiger partial charge in [-0.3, -0.25) is 9.59 Å². The van der Waals surface area contributed by atoms with Gasteiger partial charge < -0.3 is 15.8 Å². The molecule has 0 saturated heterocycles. The largest absolute Gasteiger partial charge is 0.480 e. The molecule has 5 nitrogen and oxygen atoms in total. The van der Waals surface area contributed by atoms with Crippen LogP contribution in [0.25, 0.3) is 0 Å². The molecule has 0 spiro atoms. The Morgan fingerprint density at radius 2 is 1.69 bits per heavy atom. The lowest BCUT2D eigenvalue weighted by Gasteiger charge is -2.18. The quantitative estimate of drug-likeness (QED) is 0.559. The summed E-state index contributed by atoms with van der Waals surface area (Å²) in [4.78, 5) is 24.9. The van der Waals surface area contributed by atoms with Gasteiger partial charge in [0.2, 0.25) is 0 Å². The van der Waals surface area contributed by atoms with E-state index < -0.39 is 47.5 Å². The number of ketones is 1. The number of nitrogens with one attached hydrogen (secondary N) is 1. The summed E-state index contributed by atoms with van der Waals surface area (Å²) >= 11 is 0. The van der Waals surface area contributed by atoms with Crippen LogP contribution in [0.5, 0.6) is 5.75 Å². The summed E-state index contributed by atoms with van der Waals surface area (Å²) in [5.41, 5.74) is 5.51. The van der Waals surface area contributed by atoms with Crippen LogP contribution >= 0.6 is 0 Å². The highest BCUT2D eigenvalue weighted by Gasteiger charge is 2.23.